The summed E-state index contributed by atoms with van der Waals surface area (Å²) < 4.78 is 37.9. The van der Waals surface area contributed by atoms with Crippen LogP contribution in [-0.2, 0) is 4.79 Å². The van der Waals surface area contributed by atoms with Gasteiger partial charge >= 0.3 is 6.18 Å². The van der Waals surface area contributed by atoms with Crippen LogP contribution in [0.1, 0.15) is 18.4 Å². The summed E-state index contributed by atoms with van der Waals surface area (Å²) >= 11 is 0. The van der Waals surface area contributed by atoms with Gasteiger partial charge in [0.15, 0.2) is 0 Å². The molecule has 0 aromatic heterocycles. The van der Waals surface area contributed by atoms with Gasteiger partial charge in [0.2, 0.25) is 5.91 Å². The van der Waals surface area contributed by atoms with Crippen LogP contribution < -0.4 is 10.6 Å². The summed E-state index contributed by atoms with van der Waals surface area (Å²) in [6, 6.07) is 7.12. The quantitative estimate of drug-likeness (QED) is 0.884. The highest BCUT2D eigenvalue weighted by molar-refractivity contribution is 5.93. The van der Waals surface area contributed by atoms with E-state index in [4.69, 9.17) is 0 Å². The highest BCUT2D eigenvalue weighted by atomic mass is 19.4. The van der Waals surface area contributed by atoms with Gasteiger partial charge in [-0.1, -0.05) is 18.2 Å². The third-order valence-electron chi connectivity index (χ3n) is 3.30. The summed E-state index contributed by atoms with van der Waals surface area (Å²) in [5.41, 5.74) is -0.366. The van der Waals surface area contributed by atoms with E-state index in [2.05, 4.69) is 10.6 Å². The first-order valence-electron chi connectivity index (χ1n) is 6.01. The van der Waals surface area contributed by atoms with Crippen molar-refractivity contribution in [1.29, 1.82) is 0 Å². The van der Waals surface area contributed by atoms with Crippen LogP contribution >= 0.6 is 0 Å². The number of hydrogen-bond acceptors (Lipinski definition) is 2. The fourth-order valence-electron chi connectivity index (χ4n) is 1.84. The maximum Gasteiger partial charge on any atom is 0.406 e. The molecule has 0 saturated heterocycles. The Morgan fingerprint density at radius 3 is 2.47 bits per heavy atom. The van der Waals surface area contributed by atoms with E-state index >= 15 is 0 Å². The first-order chi connectivity index (χ1) is 8.84. The Bertz CT molecular complexity index is 481. The Kier molecular flexibility index (Phi) is 3.54. The van der Waals surface area contributed by atoms with Crippen molar-refractivity contribution >= 4 is 11.6 Å². The zero-order valence-electron chi connectivity index (χ0n) is 10.5. The summed E-state index contributed by atoms with van der Waals surface area (Å²) in [4.78, 5) is 11.6. The van der Waals surface area contributed by atoms with Gasteiger partial charge in [-0.2, -0.15) is 13.2 Å². The van der Waals surface area contributed by atoms with Crippen LogP contribution in [0.2, 0.25) is 0 Å². The van der Waals surface area contributed by atoms with Gasteiger partial charge in [-0.3, -0.25) is 10.1 Å². The summed E-state index contributed by atoms with van der Waals surface area (Å²) in [5, 5.41) is 4.91. The number of para-hydroxylation sites is 1. The van der Waals surface area contributed by atoms with Gasteiger partial charge in [-0.15, -0.1) is 0 Å². The Labute approximate surface area is 109 Å². The van der Waals surface area contributed by atoms with Gasteiger partial charge in [0, 0.05) is 5.69 Å². The zero-order valence-corrected chi connectivity index (χ0v) is 10.5. The molecular weight excluding hydrogens is 257 g/mol. The lowest BCUT2D eigenvalue weighted by atomic mass is 10.2. The molecule has 1 fully saturated rings. The van der Waals surface area contributed by atoms with Crippen molar-refractivity contribution in [2.75, 3.05) is 11.9 Å². The monoisotopic (exact) mass is 272 g/mol. The molecule has 1 aliphatic carbocycles. The van der Waals surface area contributed by atoms with Crippen LogP contribution in [0.3, 0.4) is 0 Å². The lowest BCUT2D eigenvalue weighted by Gasteiger charge is -2.20. The molecule has 0 unspecified atom stereocenters. The predicted octanol–water partition coefficient (Wildman–Crippen LogP) is 2.62. The molecule has 1 saturated carbocycles. The van der Waals surface area contributed by atoms with E-state index in [0.717, 1.165) is 5.56 Å². The minimum atomic E-state index is -4.30. The van der Waals surface area contributed by atoms with Gasteiger partial charge in [0.1, 0.15) is 5.54 Å². The van der Waals surface area contributed by atoms with Crippen molar-refractivity contribution in [3.63, 3.8) is 0 Å². The van der Waals surface area contributed by atoms with E-state index < -0.39 is 17.6 Å². The molecule has 0 bridgehead atoms. The largest absolute Gasteiger partial charge is 0.406 e. The second-order valence-electron chi connectivity index (χ2n) is 4.80. The number of nitrogens with one attached hydrogen (secondary N) is 2. The normalized spacial score (nSPS) is 17.1. The van der Waals surface area contributed by atoms with Gasteiger partial charge in [-0.25, -0.2) is 0 Å². The summed E-state index contributed by atoms with van der Waals surface area (Å²) in [7, 11) is 0. The SMILES string of the molecule is Cc1ccccc1NC(=O)CNC1(C(F)(F)F)CC1. The van der Waals surface area contributed by atoms with Gasteiger partial charge in [0.05, 0.1) is 6.54 Å². The number of hydrogen-bond donors (Lipinski definition) is 2. The van der Waals surface area contributed by atoms with Crippen molar-refractivity contribution in [2.45, 2.75) is 31.5 Å². The lowest BCUT2D eigenvalue weighted by Crippen LogP contribution is -2.47. The molecule has 1 aromatic carbocycles. The first kappa shape index (κ1) is 13.9. The van der Waals surface area contributed by atoms with Crippen LogP contribution in [-0.4, -0.2) is 24.2 Å². The summed E-state index contributed by atoms with van der Waals surface area (Å²) in [5.74, 6) is -0.468. The van der Waals surface area contributed by atoms with Crippen molar-refractivity contribution in [3.05, 3.63) is 29.8 Å². The molecule has 2 N–H and O–H groups in total. The van der Waals surface area contributed by atoms with Crippen LogP contribution in [0.15, 0.2) is 24.3 Å². The van der Waals surface area contributed by atoms with E-state index in [0.29, 0.717) is 5.69 Å². The standard InChI is InChI=1S/C13H15F3N2O/c1-9-4-2-3-5-10(9)18-11(19)8-17-12(6-7-12)13(14,15)16/h2-5,17H,6-8H2,1H3,(H,18,19). The van der Waals surface area contributed by atoms with Crippen LogP contribution in [0.4, 0.5) is 18.9 Å². The Balaban J connectivity index is 1.88. The highest BCUT2D eigenvalue weighted by Crippen LogP contribution is 2.48. The van der Waals surface area contributed by atoms with Gasteiger partial charge in [0.25, 0.3) is 0 Å². The molecule has 6 heteroatoms. The number of halogens is 3. The molecule has 0 aliphatic heterocycles. The van der Waals surface area contributed by atoms with Crippen LogP contribution in [0.5, 0.6) is 0 Å². The number of alkyl halides is 3. The zero-order chi connectivity index (χ0) is 14.1. The average molecular weight is 272 g/mol. The first-order valence-corrected chi connectivity index (χ1v) is 6.01. The molecule has 2 rings (SSSR count). The minimum Gasteiger partial charge on any atom is -0.325 e. The van der Waals surface area contributed by atoms with Gasteiger partial charge < -0.3 is 5.32 Å². The predicted molar refractivity (Wildman–Crippen MR) is 65.8 cm³/mol. The molecule has 1 aliphatic rings. The van der Waals surface area contributed by atoms with Crippen molar-refractivity contribution < 1.29 is 18.0 Å². The summed E-state index contributed by atoms with van der Waals surface area (Å²) in [6.45, 7) is 1.48. The Morgan fingerprint density at radius 1 is 1.32 bits per heavy atom. The number of aryl methyl sites for hydroxylation is 1. The molecule has 1 amide bonds. The maximum atomic E-state index is 12.6. The highest BCUT2D eigenvalue weighted by Gasteiger charge is 2.63. The third-order valence-corrected chi connectivity index (χ3v) is 3.30. The maximum absolute atomic E-state index is 12.6. The lowest BCUT2D eigenvalue weighted by molar-refractivity contribution is -0.165. The summed E-state index contributed by atoms with van der Waals surface area (Å²) in [6.07, 6.45) is -4.22. The molecule has 19 heavy (non-hydrogen) atoms. The second kappa shape index (κ2) is 4.85. The number of benzene rings is 1. The minimum absolute atomic E-state index is 0.0359. The van der Waals surface area contributed by atoms with Crippen molar-refractivity contribution in [3.8, 4) is 0 Å². The van der Waals surface area contributed by atoms with Gasteiger partial charge in [-0.05, 0) is 31.4 Å². The van der Waals surface area contributed by atoms with Crippen LogP contribution in [0.25, 0.3) is 0 Å². The molecule has 3 nitrogen and oxygen atoms in total. The number of anilines is 1. The molecule has 1 aromatic rings. The van der Waals surface area contributed by atoms with Crippen LogP contribution in [0, 0.1) is 6.92 Å². The molecular formula is C13H15F3N2O. The molecule has 0 atom stereocenters. The fourth-order valence-corrected chi connectivity index (χ4v) is 1.84. The number of carbonyl (C=O) groups is 1. The topological polar surface area (TPSA) is 41.1 Å². The van der Waals surface area contributed by atoms with E-state index in [9.17, 15) is 18.0 Å². The van der Waals surface area contributed by atoms with E-state index in [1.165, 1.54) is 0 Å². The van der Waals surface area contributed by atoms with E-state index in [1.54, 1.807) is 12.1 Å². The number of carbonyl (C=O) groups excluding carboxylic acids is 1. The number of amides is 1. The van der Waals surface area contributed by atoms with Crippen molar-refractivity contribution in [1.82, 2.24) is 5.32 Å². The molecule has 0 heterocycles. The second-order valence-corrected chi connectivity index (χ2v) is 4.80. The molecule has 0 radical (unpaired) electrons. The molecule has 0 spiro atoms. The van der Waals surface area contributed by atoms with Crippen molar-refractivity contribution in [2.24, 2.45) is 0 Å². The van der Waals surface area contributed by atoms with E-state index in [1.807, 2.05) is 19.1 Å². The Hall–Kier alpha value is -1.56. The molecule has 104 valence electrons. The average Bonchev–Trinajstić information content (AvgIpc) is 3.10. The number of rotatable bonds is 4. The smallest absolute Gasteiger partial charge is 0.325 e. The third kappa shape index (κ3) is 3.07. The Morgan fingerprint density at radius 2 is 1.95 bits per heavy atom. The fraction of sp³-hybridized carbons (Fsp3) is 0.462. The van der Waals surface area contributed by atoms with E-state index in [-0.39, 0.29) is 19.4 Å².